The van der Waals surface area contributed by atoms with Crippen LogP contribution in [0.2, 0.25) is 5.02 Å². The van der Waals surface area contributed by atoms with Gasteiger partial charge in [0, 0.05) is 11.4 Å². The average molecular weight is 344 g/mol. The van der Waals surface area contributed by atoms with Crippen LogP contribution < -0.4 is 4.74 Å². The Bertz CT molecular complexity index is 745. The number of imide groups is 1. The molecule has 3 rings (SSSR count). The zero-order valence-corrected chi connectivity index (χ0v) is 14.1. The molecule has 0 N–H and O–H groups in total. The first-order valence-corrected chi connectivity index (χ1v) is 8.17. The lowest BCUT2D eigenvalue weighted by Gasteiger charge is -2.22. The second-order valence-electron chi connectivity index (χ2n) is 6.03. The molecule has 1 unspecified atom stereocenters. The van der Waals surface area contributed by atoms with Crippen molar-refractivity contribution in [3.05, 3.63) is 65.2 Å². The lowest BCUT2D eigenvalue weighted by atomic mass is 9.81. The van der Waals surface area contributed by atoms with Gasteiger partial charge in [0.2, 0.25) is 11.8 Å². The van der Waals surface area contributed by atoms with E-state index in [4.69, 9.17) is 16.3 Å². The SMILES string of the molecule is CC1(c2ccccc2)CC(=O)N(CCOc2ccc(Cl)cc2)C1=O. The number of rotatable bonds is 5. The van der Waals surface area contributed by atoms with Crippen molar-refractivity contribution in [1.29, 1.82) is 0 Å². The van der Waals surface area contributed by atoms with E-state index in [1.807, 2.05) is 37.3 Å². The van der Waals surface area contributed by atoms with Crippen LogP contribution in [0.1, 0.15) is 18.9 Å². The van der Waals surface area contributed by atoms with Gasteiger partial charge in [0.1, 0.15) is 12.4 Å². The molecule has 0 aromatic heterocycles. The van der Waals surface area contributed by atoms with Crippen LogP contribution in [0, 0.1) is 0 Å². The van der Waals surface area contributed by atoms with Crippen molar-refractivity contribution in [2.75, 3.05) is 13.2 Å². The molecule has 0 radical (unpaired) electrons. The highest BCUT2D eigenvalue weighted by Gasteiger charge is 2.48. The van der Waals surface area contributed by atoms with E-state index in [1.165, 1.54) is 4.90 Å². The molecule has 0 bridgehead atoms. The highest BCUT2D eigenvalue weighted by atomic mass is 35.5. The molecular weight excluding hydrogens is 326 g/mol. The van der Waals surface area contributed by atoms with E-state index >= 15 is 0 Å². The number of ether oxygens (including phenoxy) is 1. The molecule has 1 atom stereocenters. The molecule has 0 spiro atoms. The highest BCUT2D eigenvalue weighted by Crippen LogP contribution is 2.36. The van der Waals surface area contributed by atoms with Crippen molar-refractivity contribution in [2.24, 2.45) is 0 Å². The number of hydrogen-bond acceptors (Lipinski definition) is 3. The highest BCUT2D eigenvalue weighted by molar-refractivity contribution is 6.30. The maximum Gasteiger partial charge on any atom is 0.240 e. The number of hydrogen-bond donors (Lipinski definition) is 0. The van der Waals surface area contributed by atoms with Gasteiger partial charge in [0.15, 0.2) is 0 Å². The topological polar surface area (TPSA) is 46.6 Å². The van der Waals surface area contributed by atoms with E-state index in [2.05, 4.69) is 0 Å². The quantitative estimate of drug-likeness (QED) is 0.781. The third-order valence-electron chi connectivity index (χ3n) is 4.33. The second kappa shape index (κ2) is 6.65. The summed E-state index contributed by atoms with van der Waals surface area (Å²) in [6.45, 7) is 2.31. The number of likely N-dealkylation sites (tertiary alicyclic amines) is 1. The molecular formula is C19H18ClNO3. The zero-order valence-electron chi connectivity index (χ0n) is 13.4. The Kier molecular flexibility index (Phi) is 4.58. The summed E-state index contributed by atoms with van der Waals surface area (Å²) in [5, 5.41) is 0.630. The van der Waals surface area contributed by atoms with Crippen molar-refractivity contribution in [3.63, 3.8) is 0 Å². The van der Waals surface area contributed by atoms with Gasteiger partial charge in [-0.15, -0.1) is 0 Å². The van der Waals surface area contributed by atoms with Gasteiger partial charge in [-0.3, -0.25) is 14.5 Å². The molecule has 1 fully saturated rings. The van der Waals surface area contributed by atoms with E-state index < -0.39 is 5.41 Å². The van der Waals surface area contributed by atoms with Crippen molar-refractivity contribution in [2.45, 2.75) is 18.8 Å². The number of carbonyl (C=O) groups excluding carboxylic acids is 2. The largest absolute Gasteiger partial charge is 0.492 e. The van der Waals surface area contributed by atoms with Crippen LogP contribution in [0.25, 0.3) is 0 Å². The Morgan fingerprint density at radius 2 is 1.75 bits per heavy atom. The third-order valence-corrected chi connectivity index (χ3v) is 4.58. The van der Waals surface area contributed by atoms with Gasteiger partial charge < -0.3 is 4.74 Å². The Hall–Kier alpha value is -2.33. The van der Waals surface area contributed by atoms with Crippen LogP contribution in [0.5, 0.6) is 5.75 Å². The summed E-state index contributed by atoms with van der Waals surface area (Å²) in [5.74, 6) is 0.328. The van der Waals surface area contributed by atoms with Crippen LogP contribution in [0.15, 0.2) is 54.6 Å². The van der Waals surface area contributed by atoms with Crippen LogP contribution >= 0.6 is 11.6 Å². The Labute approximate surface area is 146 Å². The first kappa shape index (κ1) is 16.5. The predicted octanol–water partition coefficient (Wildman–Crippen LogP) is 3.44. The van der Waals surface area contributed by atoms with Crippen molar-refractivity contribution >= 4 is 23.4 Å². The molecule has 124 valence electrons. The molecule has 4 nitrogen and oxygen atoms in total. The van der Waals surface area contributed by atoms with Gasteiger partial charge in [-0.2, -0.15) is 0 Å². The summed E-state index contributed by atoms with van der Waals surface area (Å²) in [6, 6.07) is 16.4. The van der Waals surface area contributed by atoms with Gasteiger partial charge in [-0.1, -0.05) is 41.9 Å². The standard InChI is InChI=1S/C19H18ClNO3/c1-19(14-5-3-2-4-6-14)13-17(22)21(18(19)23)11-12-24-16-9-7-15(20)8-10-16/h2-10H,11-13H2,1H3. The van der Waals surface area contributed by atoms with Crippen molar-refractivity contribution in [3.8, 4) is 5.75 Å². The average Bonchev–Trinajstić information content (AvgIpc) is 2.81. The fourth-order valence-corrected chi connectivity index (χ4v) is 3.05. The third kappa shape index (κ3) is 3.15. The fourth-order valence-electron chi connectivity index (χ4n) is 2.93. The molecule has 1 heterocycles. The summed E-state index contributed by atoms with van der Waals surface area (Å²) < 4.78 is 5.59. The maximum absolute atomic E-state index is 12.8. The Morgan fingerprint density at radius 1 is 1.08 bits per heavy atom. The number of amides is 2. The number of carbonyl (C=O) groups is 2. The van der Waals surface area contributed by atoms with E-state index in [9.17, 15) is 9.59 Å². The van der Waals surface area contributed by atoms with Gasteiger partial charge in [-0.05, 0) is 36.8 Å². The minimum atomic E-state index is -0.793. The van der Waals surface area contributed by atoms with E-state index in [0.29, 0.717) is 10.8 Å². The normalized spacial score (nSPS) is 20.5. The second-order valence-corrected chi connectivity index (χ2v) is 6.46. The molecule has 2 aromatic carbocycles. The molecule has 5 heteroatoms. The maximum atomic E-state index is 12.8. The van der Waals surface area contributed by atoms with E-state index in [-0.39, 0.29) is 31.4 Å². The monoisotopic (exact) mass is 343 g/mol. The first-order chi connectivity index (χ1) is 11.5. The minimum absolute atomic E-state index is 0.161. The van der Waals surface area contributed by atoms with Crippen LogP contribution in [0.3, 0.4) is 0 Å². The molecule has 2 amide bonds. The number of halogens is 1. The Morgan fingerprint density at radius 3 is 2.42 bits per heavy atom. The Balaban J connectivity index is 1.65. The summed E-state index contributed by atoms with van der Waals surface area (Å²) in [5.41, 5.74) is 0.0722. The van der Waals surface area contributed by atoms with E-state index in [1.54, 1.807) is 24.3 Å². The molecule has 0 aliphatic carbocycles. The lowest BCUT2D eigenvalue weighted by molar-refractivity contribution is -0.140. The van der Waals surface area contributed by atoms with Crippen LogP contribution in [-0.4, -0.2) is 29.9 Å². The van der Waals surface area contributed by atoms with Gasteiger partial charge in [0.05, 0.1) is 12.0 Å². The van der Waals surface area contributed by atoms with Gasteiger partial charge >= 0.3 is 0 Å². The number of nitrogens with zero attached hydrogens (tertiary/aromatic N) is 1. The fraction of sp³-hybridized carbons (Fsp3) is 0.263. The molecule has 0 saturated carbocycles. The smallest absolute Gasteiger partial charge is 0.240 e. The summed E-state index contributed by atoms with van der Waals surface area (Å²) in [6.07, 6.45) is 0.191. The first-order valence-electron chi connectivity index (χ1n) is 7.79. The number of benzene rings is 2. The van der Waals surface area contributed by atoms with Crippen LogP contribution in [0.4, 0.5) is 0 Å². The zero-order chi connectivity index (χ0) is 17.2. The molecule has 1 aliphatic rings. The minimum Gasteiger partial charge on any atom is -0.492 e. The lowest BCUT2D eigenvalue weighted by Crippen LogP contribution is -2.38. The molecule has 2 aromatic rings. The predicted molar refractivity (Wildman–Crippen MR) is 92.1 cm³/mol. The molecule has 1 aliphatic heterocycles. The summed E-state index contributed by atoms with van der Waals surface area (Å²) >= 11 is 5.82. The van der Waals surface area contributed by atoms with Gasteiger partial charge in [0.25, 0.3) is 0 Å². The molecule has 24 heavy (non-hydrogen) atoms. The molecule has 1 saturated heterocycles. The van der Waals surface area contributed by atoms with Gasteiger partial charge in [-0.25, -0.2) is 0 Å². The van der Waals surface area contributed by atoms with Crippen LogP contribution in [-0.2, 0) is 15.0 Å². The van der Waals surface area contributed by atoms with Crippen molar-refractivity contribution < 1.29 is 14.3 Å². The van der Waals surface area contributed by atoms with Crippen molar-refractivity contribution in [1.82, 2.24) is 4.90 Å². The summed E-state index contributed by atoms with van der Waals surface area (Å²) in [7, 11) is 0. The summed E-state index contributed by atoms with van der Waals surface area (Å²) in [4.78, 5) is 26.3. The van der Waals surface area contributed by atoms with E-state index in [0.717, 1.165) is 5.56 Å².